The van der Waals surface area contributed by atoms with Crippen LogP contribution in [0.1, 0.15) is 28.9 Å². The van der Waals surface area contributed by atoms with Gasteiger partial charge in [0.05, 0.1) is 5.69 Å². The van der Waals surface area contributed by atoms with Crippen LogP contribution in [0.15, 0.2) is 42.5 Å². The van der Waals surface area contributed by atoms with Gasteiger partial charge in [0.15, 0.2) is 5.78 Å². The number of ketones is 1. The van der Waals surface area contributed by atoms with Gasteiger partial charge in [-0.2, -0.15) is 0 Å². The Labute approximate surface area is 100 Å². The van der Waals surface area contributed by atoms with E-state index in [4.69, 9.17) is 0 Å². The normalized spacial score (nSPS) is 14.5. The van der Waals surface area contributed by atoms with Crippen molar-refractivity contribution in [3.8, 4) is 11.3 Å². The molecule has 0 unspecified atom stereocenters. The molecule has 17 heavy (non-hydrogen) atoms. The van der Waals surface area contributed by atoms with E-state index in [1.165, 1.54) is 0 Å². The van der Waals surface area contributed by atoms with E-state index in [0.29, 0.717) is 12.1 Å². The van der Waals surface area contributed by atoms with Gasteiger partial charge in [-0.15, -0.1) is 0 Å². The Morgan fingerprint density at radius 2 is 1.76 bits per heavy atom. The summed E-state index contributed by atoms with van der Waals surface area (Å²) < 4.78 is 0. The van der Waals surface area contributed by atoms with Crippen molar-refractivity contribution in [3.63, 3.8) is 0 Å². The summed E-state index contributed by atoms with van der Waals surface area (Å²) >= 11 is 0. The lowest BCUT2D eigenvalue weighted by atomic mass is 9.94. The predicted molar refractivity (Wildman–Crippen MR) is 66.9 cm³/mol. The summed E-state index contributed by atoms with van der Waals surface area (Å²) in [6.45, 7) is 0. The van der Waals surface area contributed by atoms with Gasteiger partial charge in [0, 0.05) is 12.0 Å². The van der Waals surface area contributed by atoms with Crippen LogP contribution in [0.4, 0.5) is 0 Å². The number of Topliss-reactive ketones (excluding diaryl/α,β-unsaturated/α-hetero) is 1. The third-order valence-corrected chi connectivity index (χ3v) is 3.16. The van der Waals surface area contributed by atoms with Gasteiger partial charge in [-0.25, -0.2) is 4.98 Å². The smallest absolute Gasteiger partial charge is 0.181 e. The molecular formula is C15H13NO. The summed E-state index contributed by atoms with van der Waals surface area (Å²) in [5.74, 6) is 0.184. The molecule has 0 aliphatic heterocycles. The fourth-order valence-corrected chi connectivity index (χ4v) is 2.26. The maximum absolute atomic E-state index is 11.8. The average molecular weight is 223 g/mol. The Morgan fingerprint density at radius 1 is 0.941 bits per heavy atom. The highest BCUT2D eigenvalue weighted by Crippen LogP contribution is 2.24. The second-order valence-corrected chi connectivity index (χ2v) is 4.35. The van der Waals surface area contributed by atoms with Crippen LogP contribution in [-0.4, -0.2) is 10.8 Å². The van der Waals surface area contributed by atoms with Gasteiger partial charge in [-0.1, -0.05) is 36.4 Å². The minimum atomic E-state index is 0.184. The number of fused-ring (bicyclic) bond motifs is 1. The molecule has 2 heteroatoms. The number of aryl methyl sites for hydroxylation is 1. The quantitative estimate of drug-likeness (QED) is 0.742. The first-order valence-electron chi connectivity index (χ1n) is 5.93. The Hall–Kier alpha value is -1.96. The summed E-state index contributed by atoms with van der Waals surface area (Å²) in [6, 6.07) is 14.0. The monoisotopic (exact) mass is 223 g/mol. The molecule has 1 aliphatic rings. The Balaban J connectivity index is 2.09. The highest BCUT2D eigenvalue weighted by molar-refractivity contribution is 5.97. The fraction of sp³-hybridized carbons (Fsp3) is 0.200. The van der Waals surface area contributed by atoms with Crippen molar-refractivity contribution in [2.75, 3.05) is 0 Å². The van der Waals surface area contributed by atoms with Crippen molar-refractivity contribution in [2.45, 2.75) is 19.3 Å². The lowest BCUT2D eigenvalue weighted by molar-refractivity contribution is 0.0967. The van der Waals surface area contributed by atoms with E-state index in [9.17, 15) is 4.79 Å². The van der Waals surface area contributed by atoms with Crippen molar-refractivity contribution < 1.29 is 4.79 Å². The molecule has 0 fully saturated rings. The van der Waals surface area contributed by atoms with Crippen molar-refractivity contribution in [1.29, 1.82) is 0 Å². The van der Waals surface area contributed by atoms with Gasteiger partial charge in [0.25, 0.3) is 0 Å². The van der Waals surface area contributed by atoms with Gasteiger partial charge in [0.1, 0.15) is 5.69 Å². The SMILES string of the molecule is O=C1CCCc2ccc(-c3ccccc3)nc21. The molecule has 1 aromatic heterocycles. The predicted octanol–water partition coefficient (Wildman–Crippen LogP) is 3.27. The molecule has 0 radical (unpaired) electrons. The number of hydrogen-bond donors (Lipinski definition) is 0. The number of carbonyl (C=O) groups excluding carboxylic acids is 1. The summed E-state index contributed by atoms with van der Waals surface area (Å²) in [4.78, 5) is 16.3. The largest absolute Gasteiger partial charge is 0.292 e. The zero-order chi connectivity index (χ0) is 11.7. The van der Waals surface area contributed by atoms with E-state index in [2.05, 4.69) is 4.98 Å². The van der Waals surface area contributed by atoms with E-state index in [-0.39, 0.29) is 5.78 Å². The molecule has 1 heterocycles. The zero-order valence-electron chi connectivity index (χ0n) is 9.52. The third-order valence-electron chi connectivity index (χ3n) is 3.16. The molecule has 0 atom stereocenters. The zero-order valence-corrected chi connectivity index (χ0v) is 9.52. The van der Waals surface area contributed by atoms with Gasteiger partial charge in [0.2, 0.25) is 0 Å². The van der Waals surface area contributed by atoms with E-state index >= 15 is 0 Å². The van der Waals surface area contributed by atoms with Crippen LogP contribution < -0.4 is 0 Å². The van der Waals surface area contributed by atoms with Crippen LogP contribution >= 0.6 is 0 Å². The molecule has 0 spiro atoms. The number of rotatable bonds is 1. The second-order valence-electron chi connectivity index (χ2n) is 4.35. The van der Waals surface area contributed by atoms with Gasteiger partial charge in [-0.3, -0.25) is 4.79 Å². The fourth-order valence-electron chi connectivity index (χ4n) is 2.26. The molecule has 2 aromatic rings. The first kappa shape index (κ1) is 10.2. The third kappa shape index (κ3) is 1.86. The van der Waals surface area contributed by atoms with Crippen LogP contribution in [0.5, 0.6) is 0 Å². The number of pyridine rings is 1. The molecular weight excluding hydrogens is 210 g/mol. The summed E-state index contributed by atoms with van der Waals surface area (Å²) in [7, 11) is 0. The summed E-state index contributed by atoms with van der Waals surface area (Å²) in [6.07, 6.45) is 2.57. The van der Waals surface area contributed by atoms with E-state index < -0.39 is 0 Å². The maximum Gasteiger partial charge on any atom is 0.181 e. The van der Waals surface area contributed by atoms with Crippen molar-refractivity contribution in [2.24, 2.45) is 0 Å². The molecule has 0 bridgehead atoms. The Bertz CT molecular complexity index is 560. The van der Waals surface area contributed by atoms with Crippen molar-refractivity contribution in [1.82, 2.24) is 4.98 Å². The standard InChI is InChI=1S/C15H13NO/c17-14-8-4-7-12-9-10-13(16-15(12)14)11-5-2-1-3-6-11/h1-3,5-6,9-10H,4,7-8H2. The lowest BCUT2D eigenvalue weighted by Gasteiger charge is -2.14. The number of aromatic nitrogens is 1. The number of carbonyl (C=O) groups is 1. The average Bonchev–Trinajstić information content (AvgIpc) is 2.40. The van der Waals surface area contributed by atoms with E-state index in [1.807, 2.05) is 42.5 Å². The van der Waals surface area contributed by atoms with Crippen molar-refractivity contribution in [3.05, 3.63) is 53.7 Å². The molecule has 2 nitrogen and oxygen atoms in total. The number of nitrogens with zero attached hydrogens (tertiary/aromatic N) is 1. The molecule has 1 aliphatic carbocycles. The summed E-state index contributed by atoms with van der Waals surface area (Å²) in [5, 5.41) is 0. The highest BCUT2D eigenvalue weighted by Gasteiger charge is 2.18. The van der Waals surface area contributed by atoms with Crippen LogP contribution in [0, 0.1) is 0 Å². The molecule has 0 N–H and O–H groups in total. The Kier molecular flexibility index (Phi) is 2.48. The van der Waals surface area contributed by atoms with Gasteiger partial charge >= 0.3 is 0 Å². The first-order valence-corrected chi connectivity index (χ1v) is 5.93. The highest BCUT2D eigenvalue weighted by atomic mass is 16.1. The second kappa shape index (κ2) is 4.13. The molecule has 0 saturated heterocycles. The van der Waals surface area contributed by atoms with E-state index in [1.54, 1.807) is 0 Å². The van der Waals surface area contributed by atoms with Crippen LogP contribution in [0.2, 0.25) is 0 Å². The van der Waals surface area contributed by atoms with Crippen LogP contribution in [-0.2, 0) is 6.42 Å². The van der Waals surface area contributed by atoms with E-state index in [0.717, 1.165) is 29.7 Å². The number of benzene rings is 1. The topological polar surface area (TPSA) is 30.0 Å². The van der Waals surface area contributed by atoms with Crippen molar-refractivity contribution >= 4 is 5.78 Å². The van der Waals surface area contributed by atoms with Crippen LogP contribution in [0.3, 0.4) is 0 Å². The Morgan fingerprint density at radius 3 is 2.59 bits per heavy atom. The van der Waals surface area contributed by atoms with Gasteiger partial charge < -0.3 is 0 Å². The van der Waals surface area contributed by atoms with Gasteiger partial charge in [-0.05, 0) is 24.5 Å². The minimum absolute atomic E-state index is 0.184. The maximum atomic E-state index is 11.8. The molecule has 0 amide bonds. The molecule has 0 saturated carbocycles. The minimum Gasteiger partial charge on any atom is -0.292 e. The summed E-state index contributed by atoms with van der Waals surface area (Å²) in [5.41, 5.74) is 3.73. The number of hydrogen-bond acceptors (Lipinski definition) is 2. The molecule has 3 rings (SSSR count). The lowest BCUT2D eigenvalue weighted by Crippen LogP contribution is -2.13. The van der Waals surface area contributed by atoms with Crippen LogP contribution in [0.25, 0.3) is 11.3 Å². The first-order chi connectivity index (χ1) is 8.34. The molecule has 1 aromatic carbocycles. The molecule has 84 valence electrons.